The largest absolute Gasteiger partial charge is 0.325 e. The van der Waals surface area contributed by atoms with Crippen LogP contribution < -0.4 is 5.32 Å². The number of carbonyl (C=O) groups excluding carboxylic acids is 1. The van der Waals surface area contributed by atoms with Gasteiger partial charge >= 0.3 is 0 Å². The summed E-state index contributed by atoms with van der Waals surface area (Å²) in [6.45, 7) is 3.73. The van der Waals surface area contributed by atoms with Crippen LogP contribution in [0.3, 0.4) is 0 Å². The number of carbonyl (C=O) groups is 1. The van der Waals surface area contributed by atoms with E-state index in [4.69, 9.17) is 0 Å². The molecule has 1 atom stereocenters. The molecule has 1 N–H and O–H groups in total. The van der Waals surface area contributed by atoms with E-state index in [2.05, 4.69) is 15.5 Å². The molecule has 27 heavy (non-hydrogen) atoms. The number of nitrogens with one attached hydrogen (secondary N) is 1. The molecule has 138 valence electrons. The van der Waals surface area contributed by atoms with Crippen LogP contribution >= 0.6 is 11.8 Å². The number of para-hydroxylation sites is 1. The quantitative estimate of drug-likeness (QED) is 0.396. The number of nitrogens with zero attached hydrogens (tertiary/aromatic N) is 4. The van der Waals surface area contributed by atoms with Gasteiger partial charge in [-0.3, -0.25) is 19.5 Å². The normalized spacial score (nSPS) is 11.8. The topological polar surface area (TPSA) is 103 Å². The number of amides is 1. The van der Waals surface area contributed by atoms with Gasteiger partial charge in [0.25, 0.3) is 5.69 Å². The minimum Gasteiger partial charge on any atom is -0.325 e. The van der Waals surface area contributed by atoms with E-state index in [0.29, 0.717) is 10.8 Å². The molecule has 3 aromatic rings. The summed E-state index contributed by atoms with van der Waals surface area (Å²) in [4.78, 5) is 22.8. The Morgan fingerprint density at radius 2 is 2.04 bits per heavy atom. The van der Waals surface area contributed by atoms with Crippen LogP contribution in [0.15, 0.2) is 60.0 Å². The van der Waals surface area contributed by atoms with Gasteiger partial charge in [0.1, 0.15) is 6.33 Å². The fourth-order valence-corrected chi connectivity index (χ4v) is 3.29. The van der Waals surface area contributed by atoms with E-state index in [0.717, 1.165) is 11.3 Å². The predicted molar refractivity (Wildman–Crippen MR) is 103 cm³/mol. The van der Waals surface area contributed by atoms with Crippen LogP contribution in [-0.4, -0.2) is 30.8 Å². The lowest BCUT2D eigenvalue weighted by atomic mass is 10.2. The maximum Gasteiger partial charge on any atom is 0.271 e. The fourth-order valence-electron chi connectivity index (χ4n) is 2.46. The van der Waals surface area contributed by atoms with E-state index in [-0.39, 0.29) is 11.6 Å². The van der Waals surface area contributed by atoms with E-state index in [1.54, 1.807) is 19.3 Å². The molecule has 0 unspecified atom stereocenters. The zero-order valence-corrected chi connectivity index (χ0v) is 15.5. The van der Waals surface area contributed by atoms with Crippen molar-refractivity contribution in [1.82, 2.24) is 14.8 Å². The van der Waals surface area contributed by atoms with Crippen LogP contribution in [0.4, 0.5) is 11.4 Å². The molecule has 1 amide bonds. The van der Waals surface area contributed by atoms with E-state index in [1.807, 2.05) is 35.8 Å². The molecular weight excluding hydrogens is 366 g/mol. The van der Waals surface area contributed by atoms with Gasteiger partial charge in [-0.1, -0.05) is 36.0 Å². The number of thioether (sulfide) groups is 1. The molecule has 8 nitrogen and oxygen atoms in total. The number of aromatic nitrogens is 3. The molecule has 0 aliphatic heterocycles. The first kappa shape index (κ1) is 18.6. The highest BCUT2D eigenvalue weighted by molar-refractivity contribution is 8.00. The summed E-state index contributed by atoms with van der Waals surface area (Å²) in [6, 6.07) is 13.7. The number of hydrogen-bond acceptors (Lipinski definition) is 6. The highest BCUT2D eigenvalue weighted by atomic mass is 32.2. The third-order valence-electron chi connectivity index (χ3n) is 3.87. The smallest absolute Gasteiger partial charge is 0.271 e. The van der Waals surface area contributed by atoms with Gasteiger partial charge in [-0.25, -0.2) is 0 Å². The van der Waals surface area contributed by atoms with E-state index in [9.17, 15) is 14.9 Å². The molecule has 0 aliphatic rings. The van der Waals surface area contributed by atoms with Crippen molar-refractivity contribution in [3.8, 4) is 5.69 Å². The van der Waals surface area contributed by atoms with Crippen molar-refractivity contribution in [2.24, 2.45) is 0 Å². The Morgan fingerprint density at radius 3 is 2.78 bits per heavy atom. The minimum absolute atomic E-state index is 0.0765. The predicted octanol–water partition coefficient (Wildman–Crippen LogP) is 3.60. The van der Waals surface area contributed by atoms with Crippen molar-refractivity contribution in [2.75, 3.05) is 5.32 Å². The number of nitro benzene ring substituents is 1. The molecule has 0 bridgehead atoms. The summed E-state index contributed by atoms with van der Waals surface area (Å²) in [7, 11) is 0. The summed E-state index contributed by atoms with van der Waals surface area (Å²) < 4.78 is 1.83. The summed E-state index contributed by atoms with van der Waals surface area (Å²) in [6.07, 6.45) is 1.61. The number of anilines is 1. The van der Waals surface area contributed by atoms with Crippen molar-refractivity contribution < 1.29 is 9.72 Å². The number of hydrogen-bond donors (Lipinski definition) is 1. The van der Waals surface area contributed by atoms with E-state index >= 15 is 0 Å². The van der Waals surface area contributed by atoms with Crippen LogP contribution in [0, 0.1) is 17.0 Å². The average Bonchev–Trinajstić information content (AvgIpc) is 3.10. The number of aryl methyl sites for hydroxylation is 1. The Hall–Kier alpha value is -3.20. The number of nitro groups is 1. The molecular formula is C18H17N5O3S. The Labute approximate surface area is 159 Å². The molecule has 1 heterocycles. The molecule has 3 rings (SSSR count). The molecule has 0 saturated carbocycles. The second-order valence-electron chi connectivity index (χ2n) is 5.83. The van der Waals surface area contributed by atoms with Gasteiger partial charge < -0.3 is 5.32 Å². The van der Waals surface area contributed by atoms with Crippen LogP contribution in [0.1, 0.15) is 12.5 Å². The highest BCUT2D eigenvalue weighted by Crippen LogP contribution is 2.26. The lowest BCUT2D eigenvalue weighted by molar-refractivity contribution is -0.384. The zero-order chi connectivity index (χ0) is 19.4. The first-order chi connectivity index (χ1) is 13.0. The Morgan fingerprint density at radius 1 is 1.26 bits per heavy atom. The second-order valence-corrected chi connectivity index (χ2v) is 7.13. The van der Waals surface area contributed by atoms with Gasteiger partial charge in [0.05, 0.1) is 15.9 Å². The van der Waals surface area contributed by atoms with Gasteiger partial charge in [0.2, 0.25) is 5.91 Å². The third-order valence-corrected chi connectivity index (χ3v) is 4.92. The van der Waals surface area contributed by atoms with Crippen LogP contribution in [0.25, 0.3) is 5.69 Å². The minimum atomic E-state index is -0.501. The summed E-state index contributed by atoms with van der Waals surface area (Å²) >= 11 is 1.26. The molecule has 2 aromatic carbocycles. The van der Waals surface area contributed by atoms with Gasteiger partial charge in [-0.15, -0.1) is 10.2 Å². The van der Waals surface area contributed by atoms with Crippen molar-refractivity contribution in [3.63, 3.8) is 0 Å². The first-order valence-corrected chi connectivity index (χ1v) is 9.01. The summed E-state index contributed by atoms with van der Waals surface area (Å²) in [5.41, 5.74) is 2.30. The first-order valence-electron chi connectivity index (χ1n) is 8.13. The van der Waals surface area contributed by atoms with Gasteiger partial charge in [0.15, 0.2) is 5.16 Å². The lowest BCUT2D eigenvalue weighted by Gasteiger charge is -2.13. The Balaban J connectivity index is 1.73. The molecule has 0 radical (unpaired) electrons. The average molecular weight is 383 g/mol. The molecule has 9 heteroatoms. The second kappa shape index (κ2) is 8.00. The molecule has 1 aromatic heterocycles. The monoisotopic (exact) mass is 383 g/mol. The highest BCUT2D eigenvalue weighted by Gasteiger charge is 2.19. The number of benzene rings is 2. The SMILES string of the molecule is Cc1ccccc1-n1cnnc1S[C@@H](C)C(=O)Nc1cccc([N+](=O)[O-])c1. The maximum absolute atomic E-state index is 12.5. The summed E-state index contributed by atoms with van der Waals surface area (Å²) in [5, 5.41) is 21.7. The van der Waals surface area contributed by atoms with Gasteiger partial charge in [0, 0.05) is 17.8 Å². The standard InChI is InChI=1S/C18H17N5O3S/c1-12-6-3-4-9-16(12)22-11-19-21-18(22)27-13(2)17(24)20-14-7-5-8-15(10-14)23(25)26/h3-11,13H,1-2H3,(H,20,24)/t13-/m0/s1. The van der Waals surface area contributed by atoms with Crippen LogP contribution in [-0.2, 0) is 4.79 Å². The lowest BCUT2D eigenvalue weighted by Crippen LogP contribution is -2.22. The number of rotatable bonds is 6. The van der Waals surface area contributed by atoms with E-state index in [1.165, 1.54) is 30.0 Å². The maximum atomic E-state index is 12.5. The third kappa shape index (κ3) is 4.32. The van der Waals surface area contributed by atoms with Crippen LogP contribution in [0.2, 0.25) is 0 Å². The van der Waals surface area contributed by atoms with Gasteiger partial charge in [-0.05, 0) is 31.5 Å². The zero-order valence-electron chi connectivity index (χ0n) is 14.7. The van der Waals surface area contributed by atoms with Crippen molar-refractivity contribution in [1.29, 1.82) is 0 Å². The molecule has 0 fully saturated rings. The fraction of sp³-hybridized carbons (Fsp3) is 0.167. The molecule has 0 spiro atoms. The Bertz CT molecular complexity index is 988. The van der Waals surface area contributed by atoms with Crippen molar-refractivity contribution in [3.05, 3.63) is 70.5 Å². The molecule has 0 aliphatic carbocycles. The molecule has 0 saturated heterocycles. The number of non-ortho nitro benzene ring substituents is 1. The van der Waals surface area contributed by atoms with Crippen molar-refractivity contribution >= 4 is 29.0 Å². The van der Waals surface area contributed by atoms with Crippen LogP contribution in [0.5, 0.6) is 0 Å². The van der Waals surface area contributed by atoms with Crippen molar-refractivity contribution in [2.45, 2.75) is 24.3 Å². The van der Waals surface area contributed by atoms with E-state index < -0.39 is 10.2 Å². The summed E-state index contributed by atoms with van der Waals surface area (Å²) in [5.74, 6) is -0.278. The Kier molecular flexibility index (Phi) is 5.51. The van der Waals surface area contributed by atoms with Gasteiger partial charge in [-0.2, -0.15) is 0 Å².